The number of phosphoric acid groups is 1. The molecular weight excluding hydrogens is 651 g/mol. The summed E-state index contributed by atoms with van der Waals surface area (Å²) in [6.45, 7) is 5.44. The van der Waals surface area contributed by atoms with Crippen molar-refractivity contribution in [3.8, 4) is 0 Å². The summed E-state index contributed by atoms with van der Waals surface area (Å²) in [4.78, 5) is 34.6. The maximum atomic E-state index is 12.5. The Morgan fingerprint density at radius 3 is 1.42 bits per heavy atom. The third-order valence-electron chi connectivity index (χ3n) is 8.76. The van der Waals surface area contributed by atoms with Crippen molar-refractivity contribution >= 4 is 19.8 Å². The van der Waals surface area contributed by atoms with Gasteiger partial charge in [0.25, 0.3) is 0 Å². The van der Waals surface area contributed by atoms with Gasteiger partial charge in [-0.05, 0) is 51.9 Å². The summed E-state index contributed by atoms with van der Waals surface area (Å²) in [5.41, 5.74) is 0. The standard InChI is InChI=1S/C41H77O8P/c1-4-7-9-11-13-15-16-17-18-19-20-21-22-23-24-25-26-28-30-32-34-36-41(43)49-39(38-48-50(44,45)47-6-3)37-46-40(42)35-33-31-29-27-14-12-10-8-5-2/h16-17,19-20,39H,4-15,18,21-38H2,1-3H3,(H,44,45)/b17-16-,20-19-. The molecule has 0 saturated carbocycles. The van der Waals surface area contributed by atoms with E-state index in [-0.39, 0.29) is 25.6 Å². The topological polar surface area (TPSA) is 108 Å². The van der Waals surface area contributed by atoms with Gasteiger partial charge in [0.05, 0.1) is 13.2 Å². The van der Waals surface area contributed by atoms with E-state index in [0.29, 0.717) is 12.8 Å². The molecule has 0 saturated heterocycles. The number of hydrogen-bond donors (Lipinski definition) is 1. The number of esters is 2. The zero-order chi connectivity index (χ0) is 36.8. The van der Waals surface area contributed by atoms with Crippen molar-refractivity contribution in [1.82, 2.24) is 0 Å². The van der Waals surface area contributed by atoms with E-state index in [9.17, 15) is 19.0 Å². The van der Waals surface area contributed by atoms with Gasteiger partial charge in [-0.2, -0.15) is 0 Å². The van der Waals surface area contributed by atoms with Gasteiger partial charge in [0.2, 0.25) is 0 Å². The second kappa shape index (κ2) is 37.3. The highest BCUT2D eigenvalue weighted by Gasteiger charge is 2.25. The van der Waals surface area contributed by atoms with Crippen LogP contribution in [-0.2, 0) is 32.7 Å². The zero-order valence-electron chi connectivity index (χ0n) is 32.6. The molecule has 0 aliphatic rings. The van der Waals surface area contributed by atoms with Gasteiger partial charge in [0, 0.05) is 12.8 Å². The molecule has 0 aromatic rings. The molecule has 9 heteroatoms. The SMILES string of the molecule is CCCCCCC/C=C\C/C=C\CCCCCCCCCCCC(=O)OC(COC(=O)CCCCCCCCCCC)COP(=O)(O)OCC. The first-order chi connectivity index (χ1) is 24.3. The monoisotopic (exact) mass is 729 g/mol. The highest BCUT2D eigenvalue weighted by atomic mass is 31.2. The third-order valence-corrected chi connectivity index (χ3v) is 9.82. The average molecular weight is 729 g/mol. The van der Waals surface area contributed by atoms with E-state index in [1.54, 1.807) is 6.92 Å². The van der Waals surface area contributed by atoms with Crippen molar-refractivity contribution in [3.63, 3.8) is 0 Å². The van der Waals surface area contributed by atoms with Crippen molar-refractivity contribution in [1.29, 1.82) is 0 Å². The average Bonchev–Trinajstić information content (AvgIpc) is 3.09. The van der Waals surface area contributed by atoms with E-state index in [2.05, 4.69) is 38.2 Å². The molecule has 0 bridgehead atoms. The minimum atomic E-state index is -4.27. The summed E-state index contributed by atoms with van der Waals surface area (Å²) in [6.07, 6.45) is 39.5. The van der Waals surface area contributed by atoms with Gasteiger partial charge >= 0.3 is 19.8 Å². The maximum absolute atomic E-state index is 12.5. The van der Waals surface area contributed by atoms with Crippen LogP contribution >= 0.6 is 7.82 Å². The summed E-state index contributed by atoms with van der Waals surface area (Å²) in [5, 5.41) is 0. The normalized spacial score (nSPS) is 13.6. The summed E-state index contributed by atoms with van der Waals surface area (Å²) in [5.74, 6) is -0.800. The second-order valence-corrected chi connectivity index (χ2v) is 15.1. The quantitative estimate of drug-likeness (QED) is 0.0290. The van der Waals surface area contributed by atoms with Crippen LogP contribution in [0, 0.1) is 0 Å². The minimum Gasteiger partial charge on any atom is -0.462 e. The van der Waals surface area contributed by atoms with Crippen LogP contribution in [0.3, 0.4) is 0 Å². The first-order valence-corrected chi connectivity index (χ1v) is 22.1. The lowest BCUT2D eigenvalue weighted by Gasteiger charge is -2.19. The molecule has 0 aliphatic heterocycles. The molecule has 0 fully saturated rings. The Balaban J connectivity index is 4.03. The van der Waals surface area contributed by atoms with Gasteiger partial charge in [-0.3, -0.25) is 18.6 Å². The number of carbonyl (C=O) groups is 2. The van der Waals surface area contributed by atoms with Crippen LogP contribution in [-0.4, -0.2) is 42.8 Å². The molecule has 8 nitrogen and oxygen atoms in total. The van der Waals surface area contributed by atoms with Crippen LogP contribution in [0.25, 0.3) is 0 Å². The number of rotatable bonds is 38. The van der Waals surface area contributed by atoms with Crippen LogP contribution in [0.2, 0.25) is 0 Å². The van der Waals surface area contributed by atoms with Crippen molar-refractivity contribution in [2.24, 2.45) is 0 Å². The van der Waals surface area contributed by atoms with Gasteiger partial charge in [0.15, 0.2) is 6.10 Å². The highest BCUT2D eigenvalue weighted by Crippen LogP contribution is 2.43. The van der Waals surface area contributed by atoms with Crippen molar-refractivity contribution in [3.05, 3.63) is 24.3 Å². The van der Waals surface area contributed by atoms with E-state index in [1.165, 1.54) is 116 Å². The van der Waals surface area contributed by atoms with Gasteiger partial charge in [-0.1, -0.05) is 160 Å². The predicted molar refractivity (Wildman–Crippen MR) is 207 cm³/mol. The van der Waals surface area contributed by atoms with Crippen LogP contribution in [0.4, 0.5) is 0 Å². The summed E-state index contributed by atoms with van der Waals surface area (Å²) >= 11 is 0. The third kappa shape index (κ3) is 36.3. The van der Waals surface area contributed by atoms with E-state index in [0.717, 1.165) is 44.9 Å². The van der Waals surface area contributed by atoms with E-state index >= 15 is 0 Å². The highest BCUT2D eigenvalue weighted by molar-refractivity contribution is 7.47. The van der Waals surface area contributed by atoms with E-state index in [1.807, 2.05) is 0 Å². The summed E-state index contributed by atoms with van der Waals surface area (Å²) in [7, 11) is -4.27. The Morgan fingerprint density at radius 2 is 0.960 bits per heavy atom. The maximum Gasteiger partial charge on any atom is 0.472 e. The number of hydrogen-bond acceptors (Lipinski definition) is 7. The lowest BCUT2D eigenvalue weighted by Crippen LogP contribution is -2.29. The van der Waals surface area contributed by atoms with Gasteiger partial charge in [-0.25, -0.2) is 4.57 Å². The molecule has 0 amide bonds. The van der Waals surface area contributed by atoms with Crippen LogP contribution in [0.15, 0.2) is 24.3 Å². The molecule has 0 rings (SSSR count). The first-order valence-electron chi connectivity index (χ1n) is 20.6. The minimum absolute atomic E-state index is 0.00119. The fourth-order valence-corrected chi connectivity index (χ4v) is 6.47. The van der Waals surface area contributed by atoms with Crippen LogP contribution < -0.4 is 0 Å². The Labute approximate surface area is 307 Å². The molecular formula is C41H77O8P. The molecule has 0 aliphatic carbocycles. The van der Waals surface area contributed by atoms with Gasteiger partial charge in [-0.15, -0.1) is 0 Å². The molecule has 0 radical (unpaired) electrons. The fraction of sp³-hybridized carbons (Fsp3) is 0.854. The first kappa shape index (κ1) is 48.5. The van der Waals surface area contributed by atoms with Gasteiger partial charge < -0.3 is 14.4 Å². The Kier molecular flexibility index (Phi) is 36.2. The van der Waals surface area contributed by atoms with E-state index in [4.69, 9.17) is 18.5 Å². The molecule has 2 atom stereocenters. The number of ether oxygens (including phenoxy) is 2. The molecule has 0 aromatic carbocycles. The lowest BCUT2D eigenvalue weighted by molar-refractivity contribution is -0.161. The van der Waals surface area contributed by atoms with Crippen molar-refractivity contribution < 1.29 is 37.6 Å². The summed E-state index contributed by atoms with van der Waals surface area (Å²) in [6, 6.07) is 0. The van der Waals surface area contributed by atoms with E-state index < -0.39 is 26.5 Å². The van der Waals surface area contributed by atoms with Crippen molar-refractivity contribution in [2.75, 3.05) is 19.8 Å². The Morgan fingerprint density at radius 1 is 0.540 bits per heavy atom. The lowest BCUT2D eigenvalue weighted by atomic mass is 10.1. The number of unbranched alkanes of at least 4 members (excludes halogenated alkanes) is 22. The largest absolute Gasteiger partial charge is 0.472 e. The number of phosphoric ester groups is 1. The Hall–Kier alpha value is -1.47. The van der Waals surface area contributed by atoms with Gasteiger partial charge in [0.1, 0.15) is 6.61 Å². The van der Waals surface area contributed by atoms with Crippen LogP contribution in [0.5, 0.6) is 0 Å². The summed E-state index contributed by atoms with van der Waals surface area (Å²) < 4.78 is 32.5. The molecule has 0 aromatic heterocycles. The smallest absolute Gasteiger partial charge is 0.462 e. The molecule has 0 heterocycles. The number of allylic oxidation sites excluding steroid dienone is 4. The van der Waals surface area contributed by atoms with Crippen LogP contribution in [0.1, 0.15) is 201 Å². The Bertz CT molecular complexity index is 875. The zero-order valence-corrected chi connectivity index (χ0v) is 33.5. The molecule has 0 spiro atoms. The number of carbonyl (C=O) groups excluding carboxylic acids is 2. The fourth-order valence-electron chi connectivity index (χ4n) is 5.72. The van der Waals surface area contributed by atoms with Crippen molar-refractivity contribution in [2.45, 2.75) is 207 Å². The molecule has 2 unspecified atom stereocenters. The molecule has 50 heavy (non-hydrogen) atoms. The molecule has 294 valence electrons. The predicted octanol–water partition coefficient (Wildman–Crippen LogP) is 12.7. The molecule has 1 N–H and O–H groups in total. The second-order valence-electron chi connectivity index (χ2n) is 13.7.